The highest BCUT2D eigenvalue weighted by Gasteiger charge is 2.11. The molecule has 0 radical (unpaired) electrons. The third-order valence-electron chi connectivity index (χ3n) is 4.19. The van der Waals surface area contributed by atoms with E-state index in [0.717, 1.165) is 29.0 Å². The Labute approximate surface area is 157 Å². The van der Waals surface area contributed by atoms with Crippen molar-refractivity contribution in [3.63, 3.8) is 0 Å². The highest BCUT2D eigenvalue weighted by molar-refractivity contribution is 5.33. The predicted octanol–water partition coefficient (Wildman–Crippen LogP) is 4.37. The molecule has 0 aliphatic heterocycles. The average molecular weight is 369 g/mol. The molecule has 1 atom stereocenters. The van der Waals surface area contributed by atoms with Crippen LogP contribution in [0.4, 0.5) is 8.78 Å². The van der Waals surface area contributed by atoms with E-state index >= 15 is 0 Å². The highest BCUT2D eigenvalue weighted by Crippen LogP contribution is 2.20. The van der Waals surface area contributed by atoms with Crippen molar-refractivity contribution in [3.05, 3.63) is 101 Å². The standard InChI is InChI=1S/C22H21F2NO2/c23-19-11-10-17(12-20(19)24)21(26)14-25-13-18-8-4-5-9-22(18)27-15-16-6-2-1-3-7-16/h1-12,21,25-26H,13-15H2/t21-/m1/s1. The van der Waals surface area contributed by atoms with Gasteiger partial charge >= 0.3 is 0 Å². The van der Waals surface area contributed by atoms with Gasteiger partial charge in [-0.2, -0.15) is 0 Å². The topological polar surface area (TPSA) is 41.5 Å². The third-order valence-corrected chi connectivity index (χ3v) is 4.19. The fourth-order valence-electron chi connectivity index (χ4n) is 2.71. The number of aliphatic hydroxyl groups excluding tert-OH is 1. The summed E-state index contributed by atoms with van der Waals surface area (Å²) in [7, 11) is 0. The number of benzene rings is 3. The van der Waals surface area contributed by atoms with Crippen LogP contribution >= 0.6 is 0 Å². The van der Waals surface area contributed by atoms with E-state index < -0.39 is 17.7 Å². The summed E-state index contributed by atoms with van der Waals surface area (Å²) in [5, 5.41) is 13.3. The van der Waals surface area contributed by atoms with Crippen LogP contribution in [0, 0.1) is 11.6 Å². The molecule has 0 heterocycles. The fourth-order valence-corrected chi connectivity index (χ4v) is 2.71. The number of aliphatic hydroxyl groups is 1. The van der Waals surface area contributed by atoms with Gasteiger partial charge in [0.1, 0.15) is 12.4 Å². The van der Waals surface area contributed by atoms with Crippen LogP contribution < -0.4 is 10.1 Å². The number of para-hydroxylation sites is 1. The molecule has 3 rings (SSSR count). The van der Waals surface area contributed by atoms with E-state index in [1.54, 1.807) is 0 Å². The monoisotopic (exact) mass is 369 g/mol. The first-order valence-corrected chi connectivity index (χ1v) is 8.72. The van der Waals surface area contributed by atoms with E-state index in [1.807, 2.05) is 54.6 Å². The number of halogens is 2. The molecule has 0 amide bonds. The Kier molecular flexibility index (Phi) is 6.52. The van der Waals surface area contributed by atoms with E-state index in [0.29, 0.717) is 18.7 Å². The van der Waals surface area contributed by atoms with Gasteiger partial charge in [-0.05, 0) is 29.3 Å². The molecule has 0 spiro atoms. The zero-order chi connectivity index (χ0) is 19.1. The molecule has 2 N–H and O–H groups in total. The second kappa shape index (κ2) is 9.26. The van der Waals surface area contributed by atoms with Crippen molar-refractivity contribution in [2.45, 2.75) is 19.3 Å². The number of hydrogen-bond acceptors (Lipinski definition) is 3. The van der Waals surface area contributed by atoms with Crippen LogP contribution in [0.3, 0.4) is 0 Å². The fraction of sp³-hybridized carbons (Fsp3) is 0.182. The van der Waals surface area contributed by atoms with Crippen molar-refractivity contribution < 1.29 is 18.6 Å². The minimum Gasteiger partial charge on any atom is -0.489 e. The molecule has 0 bridgehead atoms. The van der Waals surface area contributed by atoms with Crippen LogP contribution in [0.25, 0.3) is 0 Å². The maximum absolute atomic E-state index is 13.3. The zero-order valence-corrected chi connectivity index (χ0v) is 14.7. The van der Waals surface area contributed by atoms with Crippen molar-refractivity contribution in [2.24, 2.45) is 0 Å². The highest BCUT2D eigenvalue weighted by atomic mass is 19.2. The van der Waals surface area contributed by atoms with Crippen LogP contribution in [0.15, 0.2) is 72.8 Å². The van der Waals surface area contributed by atoms with E-state index in [1.165, 1.54) is 6.07 Å². The molecule has 140 valence electrons. The number of nitrogens with one attached hydrogen (secondary N) is 1. The summed E-state index contributed by atoms with van der Waals surface area (Å²) < 4.78 is 32.2. The lowest BCUT2D eigenvalue weighted by Crippen LogP contribution is -2.21. The normalized spacial score (nSPS) is 12.0. The summed E-state index contributed by atoms with van der Waals surface area (Å²) in [6.07, 6.45) is -0.933. The minimum atomic E-state index is -0.966. The van der Waals surface area contributed by atoms with Gasteiger partial charge in [-0.25, -0.2) is 8.78 Å². The van der Waals surface area contributed by atoms with Gasteiger partial charge in [-0.3, -0.25) is 0 Å². The smallest absolute Gasteiger partial charge is 0.159 e. The molecule has 0 saturated carbocycles. The Morgan fingerprint density at radius 2 is 1.63 bits per heavy atom. The molecule has 0 unspecified atom stereocenters. The van der Waals surface area contributed by atoms with Crippen LogP contribution in [0.2, 0.25) is 0 Å². The Morgan fingerprint density at radius 1 is 0.889 bits per heavy atom. The molecular weight excluding hydrogens is 348 g/mol. The Morgan fingerprint density at radius 3 is 2.41 bits per heavy atom. The predicted molar refractivity (Wildman–Crippen MR) is 100 cm³/mol. The van der Waals surface area contributed by atoms with Crippen LogP contribution in [0.1, 0.15) is 22.8 Å². The summed E-state index contributed by atoms with van der Waals surface area (Å²) in [6, 6.07) is 20.9. The van der Waals surface area contributed by atoms with Gasteiger partial charge in [0, 0.05) is 18.7 Å². The van der Waals surface area contributed by atoms with E-state index in [9.17, 15) is 13.9 Å². The summed E-state index contributed by atoms with van der Waals surface area (Å²) in [6.45, 7) is 1.15. The van der Waals surface area contributed by atoms with E-state index in [-0.39, 0.29) is 6.54 Å². The van der Waals surface area contributed by atoms with Crippen molar-refractivity contribution in [2.75, 3.05) is 6.54 Å². The van der Waals surface area contributed by atoms with Crippen molar-refractivity contribution >= 4 is 0 Å². The summed E-state index contributed by atoms with van der Waals surface area (Å²) in [5.41, 5.74) is 2.36. The summed E-state index contributed by atoms with van der Waals surface area (Å²) >= 11 is 0. The number of hydrogen-bond donors (Lipinski definition) is 2. The Balaban J connectivity index is 1.55. The van der Waals surface area contributed by atoms with Crippen molar-refractivity contribution in [1.29, 1.82) is 0 Å². The van der Waals surface area contributed by atoms with Crippen molar-refractivity contribution in [3.8, 4) is 5.75 Å². The number of ether oxygens (including phenoxy) is 1. The van der Waals surface area contributed by atoms with Crippen LogP contribution in [-0.2, 0) is 13.2 Å². The van der Waals surface area contributed by atoms with Gasteiger partial charge in [-0.1, -0.05) is 54.6 Å². The first-order chi connectivity index (χ1) is 13.1. The Hall–Kier alpha value is -2.76. The Bertz CT molecular complexity index is 871. The molecule has 3 aromatic rings. The molecule has 0 fully saturated rings. The molecule has 3 aromatic carbocycles. The largest absolute Gasteiger partial charge is 0.489 e. The van der Waals surface area contributed by atoms with E-state index in [4.69, 9.17) is 4.74 Å². The van der Waals surface area contributed by atoms with Gasteiger partial charge in [0.05, 0.1) is 6.10 Å². The van der Waals surface area contributed by atoms with Crippen LogP contribution in [0.5, 0.6) is 5.75 Å². The average Bonchev–Trinajstić information content (AvgIpc) is 2.70. The van der Waals surface area contributed by atoms with Gasteiger partial charge in [0.25, 0.3) is 0 Å². The second-order valence-electron chi connectivity index (χ2n) is 6.20. The lowest BCUT2D eigenvalue weighted by atomic mass is 10.1. The quantitative estimate of drug-likeness (QED) is 0.620. The minimum absolute atomic E-state index is 0.206. The van der Waals surface area contributed by atoms with Crippen LogP contribution in [-0.4, -0.2) is 11.7 Å². The van der Waals surface area contributed by atoms with Gasteiger partial charge in [0.15, 0.2) is 11.6 Å². The molecule has 5 heteroatoms. The first-order valence-electron chi connectivity index (χ1n) is 8.72. The maximum Gasteiger partial charge on any atom is 0.159 e. The van der Waals surface area contributed by atoms with E-state index in [2.05, 4.69) is 5.32 Å². The molecule has 0 aliphatic carbocycles. The SMILES string of the molecule is O[C@H](CNCc1ccccc1OCc1ccccc1)c1ccc(F)c(F)c1. The summed E-state index contributed by atoms with van der Waals surface area (Å²) in [4.78, 5) is 0. The molecule has 0 aromatic heterocycles. The summed E-state index contributed by atoms with van der Waals surface area (Å²) in [5.74, 6) is -1.13. The van der Waals surface area contributed by atoms with Gasteiger partial charge in [-0.15, -0.1) is 0 Å². The molecule has 27 heavy (non-hydrogen) atoms. The molecule has 0 aliphatic rings. The molecule has 0 saturated heterocycles. The third kappa shape index (κ3) is 5.36. The zero-order valence-electron chi connectivity index (χ0n) is 14.7. The second-order valence-corrected chi connectivity index (χ2v) is 6.20. The number of rotatable bonds is 8. The van der Waals surface area contributed by atoms with Gasteiger partial charge in [0.2, 0.25) is 0 Å². The first kappa shape index (κ1) is 19.0. The molecular formula is C22H21F2NO2. The maximum atomic E-state index is 13.3. The van der Waals surface area contributed by atoms with Gasteiger partial charge < -0.3 is 15.2 Å². The van der Waals surface area contributed by atoms with Crippen molar-refractivity contribution in [1.82, 2.24) is 5.32 Å². The lowest BCUT2D eigenvalue weighted by Gasteiger charge is -2.15. The molecule has 3 nitrogen and oxygen atoms in total. The lowest BCUT2D eigenvalue weighted by molar-refractivity contribution is 0.173.